The highest BCUT2D eigenvalue weighted by molar-refractivity contribution is 5.91. The zero-order valence-electron chi connectivity index (χ0n) is 8.56. The Kier molecular flexibility index (Phi) is 2.80. The van der Waals surface area contributed by atoms with Crippen LogP contribution < -0.4 is 10.1 Å². The third-order valence-corrected chi connectivity index (χ3v) is 2.56. The van der Waals surface area contributed by atoms with Crippen LogP contribution in [0.15, 0.2) is 12.4 Å². The fourth-order valence-electron chi connectivity index (χ4n) is 1.38. The summed E-state index contributed by atoms with van der Waals surface area (Å²) in [6.45, 7) is 0. The first-order valence-electron chi connectivity index (χ1n) is 4.96. The number of ether oxygens (including phenoxy) is 1. The third kappa shape index (κ3) is 2.23. The first-order valence-corrected chi connectivity index (χ1v) is 4.96. The molecule has 0 bridgehead atoms. The number of anilines is 1. The zero-order valence-corrected chi connectivity index (χ0v) is 8.56. The molecule has 0 aromatic carbocycles. The van der Waals surface area contributed by atoms with Crippen molar-refractivity contribution in [1.29, 1.82) is 0 Å². The minimum Gasteiger partial charge on any atom is -0.480 e. The monoisotopic (exact) mass is 207 g/mol. The quantitative estimate of drug-likeness (QED) is 0.809. The summed E-state index contributed by atoms with van der Waals surface area (Å²) in [6.07, 6.45) is 6.09. The molecule has 0 unspecified atom stereocenters. The van der Waals surface area contributed by atoms with Gasteiger partial charge in [-0.3, -0.25) is 4.79 Å². The van der Waals surface area contributed by atoms with Crippen molar-refractivity contribution in [2.45, 2.75) is 19.3 Å². The van der Waals surface area contributed by atoms with Crippen molar-refractivity contribution < 1.29 is 9.53 Å². The second-order valence-corrected chi connectivity index (χ2v) is 3.56. The van der Waals surface area contributed by atoms with Gasteiger partial charge in [0.1, 0.15) is 0 Å². The van der Waals surface area contributed by atoms with Crippen LogP contribution in [0.3, 0.4) is 0 Å². The molecule has 5 nitrogen and oxygen atoms in total. The van der Waals surface area contributed by atoms with Crippen LogP contribution in [0.1, 0.15) is 19.3 Å². The number of methoxy groups -OCH3 is 1. The smallest absolute Gasteiger partial charge is 0.232 e. The van der Waals surface area contributed by atoms with Gasteiger partial charge in [-0.2, -0.15) is 0 Å². The Hall–Kier alpha value is -1.65. The molecule has 0 atom stereocenters. The predicted octanol–water partition coefficient (Wildman–Crippen LogP) is 1.22. The number of nitrogens with zero attached hydrogens (tertiary/aromatic N) is 2. The largest absolute Gasteiger partial charge is 0.480 e. The van der Waals surface area contributed by atoms with Crippen LogP contribution in [0.25, 0.3) is 0 Å². The molecule has 15 heavy (non-hydrogen) atoms. The van der Waals surface area contributed by atoms with E-state index in [1.807, 2.05) is 0 Å². The molecule has 1 fully saturated rings. The van der Waals surface area contributed by atoms with E-state index in [-0.39, 0.29) is 11.8 Å². The van der Waals surface area contributed by atoms with Gasteiger partial charge in [0.2, 0.25) is 11.8 Å². The summed E-state index contributed by atoms with van der Waals surface area (Å²) in [5.41, 5.74) is 0. The number of nitrogens with one attached hydrogen (secondary N) is 1. The minimum absolute atomic E-state index is 0.0423. The lowest BCUT2D eigenvalue weighted by Crippen LogP contribution is -2.28. The number of carbonyl (C=O) groups excluding carboxylic acids is 1. The van der Waals surface area contributed by atoms with E-state index >= 15 is 0 Å². The van der Waals surface area contributed by atoms with Gasteiger partial charge in [0, 0.05) is 5.92 Å². The molecule has 80 valence electrons. The number of aromatic nitrogens is 2. The lowest BCUT2D eigenvalue weighted by molar-refractivity contribution is -0.122. The fourth-order valence-corrected chi connectivity index (χ4v) is 1.38. The molecule has 2 rings (SSSR count). The van der Waals surface area contributed by atoms with Crippen LogP contribution >= 0.6 is 0 Å². The SMILES string of the molecule is COc1cnc(NC(=O)C2CCC2)cn1. The number of hydrogen-bond donors (Lipinski definition) is 1. The summed E-state index contributed by atoms with van der Waals surface area (Å²) in [7, 11) is 1.52. The molecule has 1 heterocycles. The standard InChI is InChI=1S/C10H13N3O2/c1-15-9-6-11-8(5-12-9)13-10(14)7-3-2-4-7/h5-7H,2-4H2,1H3,(H,11,13,14). The molecule has 1 aromatic heterocycles. The molecule has 1 aliphatic rings. The molecule has 1 N–H and O–H groups in total. The highest BCUT2D eigenvalue weighted by Gasteiger charge is 2.25. The summed E-state index contributed by atoms with van der Waals surface area (Å²) in [4.78, 5) is 19.5. The molecule has 0 saturated heterocycles. The maximum absolute atomic E-state index is 11.5. The highest BCUT2D eigenvalue weighted by atomic mass is 16.5. The molecule has 5 heteroatoms. The second kappa shape index (κ2) is 4.25. The molecule has 1 aromatic rings. The third-order valence-electron chi connectivity index (χ3n) is 2.56. The van der Waals surface area contributed by atoms with E-state index in [0.29, 0.717) is 11.7 Å². The molecule has 0 radical (unpaired) electrons. The van der Waals surface area contributed by atoms with Crippen LogP contribution in [0.2, 0.25) is 0 Å². The van der Waals surface area contributed by atoms with Crippen molar-refractivity contribution in [3.8, 4) is 5.88 Å². The Morgan fingerprint density at radius 3 is 2.73 bits per heavy atom. The van der Waals surface area contributed by atoms with E-state index in [0.717, 1.165) is 19.3 Å². The predicted molar refractivity (Wildman–Crippen MR) is 54.6 cm³/mol. The maximum atomic E-state index is 11.5. The number of carbonyl (C=O) groups is 1. The average Bonchev–Trinajstić information content (AvgIpc) is 2.16. The Labute approximate surface area is 87.9 Å². The van der Waals surface area contributed by atoms with Gasteiger partial charge in [-0.25, -0.2) is 9.97 Å². The second-order valence-electron chi connectivity index (χ2n) is 3.56. The van der Waals surface area contributed by atoms with Gasteiger partial charge in [0.05, 0.1) is 19.5 Å². The van der Waals surface area contributed by atoms with Crippen LogP contribution in [0.5, 0.6) is 5.88 Å². The summed E-state index contributed by atoms with van der Waals surface area (Å²) < 4.78 is 4.87. The number of hydrogen-bond acceptors (Lipinski definition) is 4. The Morgan fingerprint density at radius 1 is 1.47 bits per heavy atom. The number of rotatable bonds is 3. The van der Waals surface area contributed by atoms with E-state index in [4.69, 9.17) is 4.74 Å². The van der Waals surface area contributed by atoms with Crippen molar-refractivity contribution in [1.82, 2.24) is 9.97 Å². The van der Waals surface area contributed by atoms with Crippen molar-refractivity contribution in [2.75, 3.05) is 12.4 Å². The van der Waals surface area contributed by atoms with E-state index in [1.165, 1.54) is 19.5 Å². The highest BCUT2D eigenvalue weighted by Crippen LogP contribution is 2.27. The Morgan fingerprint density at radius 2 is 2.27 bits per heavy atom. The summed E-state index contributed by atoms with van der Waals surface area (Å²) >= 11 is 0. The van der Waals surface area contributed by atoms with Gasteiger partial charge < -0.3 is 10.1 Å². The lowest BCUT2D eigenvalue weighted by Gasteiger charge is -2.23. The molecule has 1 amide bonds. The first-order chi connectivity index (χ1) is 7.29. The van der Waals surface area contributed by atoms with Gasteiger partial charge >= 0.3 is 0 Å². The minimum atomic E-state index is 0.0423. The van der Waals surface area contributed by atoms with E-state index in [1.54, 1.807) is 0 Å². The molecular formula is C10H13N3O2. The van der Waals surface area contributed by atoms with Crippen LogP contribution in [-0.2, 0) is 4.79 Å². The van der Waals surface area contributed by atoms with Crippen molar-refractivity contribution in [2.24, 2.45) is 5.92 Å². The van der Waals surface area contributed by atoms with Gasteiger partial charge in [-0.1, -0.05) is 6.42 Å². The first kappa shape index (κ1) is 9.89. The number of amides is 1. The Bertz CT molecular complexity index is 346. The van der Waals surface area contributed by atoms with Crippen LogP contribution in [-0.4, -0.2) is 23.0 Å². The zero-order chi connectivity index (χ0) is 10.7. The van der Waals surface area contributed by atoms with E-state index in [2.05, 4.69) is 15.3 Å². The summed E-state index contributed by atoms with van der Waals surface area (Å²) in [6, 6.07) is 0. The lowest BCUT2D eigenvalue weighted by atomic mass is 9.85. The molecule has 0 aliphatic heterocycles. The summed E-state index contributed by atoms with van der Waals surface area (Å²) in [5.74, 6) is 1.12. The van der Waals surface area contributed by atoms with E-state index < -0.39 is 0 Å². The topological polar surface area (TPSA) is 64.1 Å². The van der Waals surface area contributed by atoms with Gasteiger partial charge in [0.15, 0.2) is 5.82 Å². The molecule has 1 aliphatic carbocycles. The Balaban J connectivity index is 1.94. The molecule has 0 spiro atoms. The fraction of sp³-hybridized carbons (Fsp3) is 0.500. The van der Waals surface area contributed by atoms with Gasteiger partial charge in [-0.15, -0.1) is 0 Å². The average molecular weight is 207 g/mol. The van der Waals surface area contributed by atoms with Crippen molar-refractivity contribution in [3.05, 3.63) is 12.4 Å². The normalized spacial score (nSPS) is 15.5. The molecular weight excluding hydrogens is 194 g/mol. The maximum Gasteiger partial charge on any atom is 0.232 e. The van der Waals surface area contributed by atoms with E-state index in [9.17, 15) is 4.79 Å². The van der Waals surface area contributed by atoms with Crippen molar-refractivity contribution in [3.63, 3.8) is 0 Å². The summed E-state index contributed by atoms with van der Waals surface area (Å²) in [5, 5.41) is 2.73. The van der Waals surface area contributed by atoms with Crippen LogP contribution in [0.4, 0.5) is 5.82 Å². The van der Waals surface area contributed by atoms with Crippen molar-refractivity contribution >= 4 is 11.7 Å². The molecule has 1 saturated carbocycles. The van der Waals surface area contributed by atoms with Gasteiger partial charge in [0.25, 0.3) is 0 Å². The van der Waals surface area contributed by atoms with Gasteiger partial charge in [-0.05, 0) is 12.8 Å². The van der Waals surface area contributed by atoms with Crippen LogP contribution in [0, 0.1) is 5.92 Å².